The van der Waals surface area contributed by atoms with Gasteiger partial charge >= 0.3 is 0 Å². The monoisotopic (exact) mass is 370 g/mol. The van der Waals surface area contributed by atoms with Gasteiger partial charge in [0.2, 0.25) is 0 Å². The Hall–Kier alpha value is -1.39. The molecule has 3 aliphatic rings. The Morgan fingerprint density at radius 2 is 1.81 bits per heavy atom. The summed E-state index contributed by atoms with van der Waals surface area (Å²) in [5.74, 6) is 0.778. The van der Waals surface area contributed by atoms with Crippen molar-refractivity contribution in [3.8, 4) is 0 Å². The first-order valence-corrected chi connectivity index (χ1v) is 10.9. The molecule has 4 rings (SSSR count). The average Bonchev–Trinajstić information content (AvgIpc) is 3.57. The van der Waals surface area contributed by atoms with Crippen LogP contribution in [0.5, 0.6) is 0 Å². The zero-order valence-corrected chi connectivity index (χ0v) is 16.7. The third kappa shape index (κ3) is 5.55. The number of nitrogens with zero attached hydrogens (tertiary/aromatic N) is 1. The Kier molecular flexibility index (Phi) is 6.14. The molecule has 2 atom stereocenters. The first-order chi connectivity index (χ1) is 13.2. The van der Waals surface area contributed by atoms with Gasteiger partial charge in [-0.25, -0.2) is 0 Å². The highest BCUT2D eigenvalue weighted by Crippen LogP contribution is 2.29. The minimum Gasteiger partial charge on any atom is -0.377 e. The van der Waals surface area contributed by atoms with Gasteiger partial charge in [0.1, 0.15) is 0 Å². The summed E-state index contributed by atoms with van der Waals surface area (Å²) in [6, 6.07) is 9.30. The Labute approximate surface area is 163 Å². The summed E-state index contributed by atoms with van der Waals surface area (Å²) < 4.78 is 6.24. The van der Waals surface area contributed by atoms with E-state index >= 15 is 0 Å². The fourth-order valence-corrected chi connectivity index (χ4v) is 4.17. The highest BCUT2D eigenvalue weighted by atomic mass is 16.5. The van der Waals surface area contributed by atoms with E-state index in [1.807, 2.05) is 12.1 Å². The van der Waals surface area contributed by atoms with Gasteiger partial charge in [0, 0.05) is 30.7 Å². The van der Waals surface area contributed by atoms with E-state index in [2.05, 4.69) is 29.3 Å². The van der Waals surface area contributed by atoms with Crippen LogP contribution in [0.4, 0.5) is 0 Å². The molecule has 0 aromatic heterocycles. The maximum Gasteiger partial charge on any atom is 0.251 e. The Morgan fingerprint density at radius 3 is 2.48 bits per heavy atom. The Balaban J connectivity index is 1.26. The van der Waals surface area contributed by atoms with E-state index in [1.54, 1.807) is 0 Å². The Morgan fingerprint density at radius 1 is 1.07 bits per heavy atom. The van der Waals surface area contributed by atoms with Crippen LogP contribution in [-0.2, 0) is 11.3 Å². The number of nitrogens with one attached hydrogen (secondary N) is 1. The number of benzene rings is 1. The average molecular weight is 371 g/mol. The molecule has 3 saturated carbocycles. The van der Waals surface area contributed by atoms with Crippen LogP contribution in [0, 0.1) is 5.92 Å². The molecule has 3 fully saturated rings. The standard InChI is InChI=1S/C23H34N2O2/c1-17-4-2-3-5-22(17)27-15-14-25(21-12-13-21)16-18-6-8-19(9-7-18)23(26)24-20-10-11-20/h6-9,17,20-22H,2-5,10-16H2,1H3,(H,24,26)/t17-,22-/m1/s1. The van der Waals surface area contributed by atoms with E-state index in [0.29, 0.717) is 18.1 Å². The second kappa shape index (κ2) is 8.74. The van der Waals surface area contributed by atoms with Crippen molar-refractivity contribution < 1.29 is 9.53 Å². The topological polar surface area (TPSA) is 41.6 Å². The third-order valence-electron chi connectivity index (χ3n) is 6.32. The molecule has 1 aromatic carbocycles. The van der Waals surface area contributed by atoms with E-state index in [-0.39, 0.29) is 5.91 Å². The van der Waals surface area contributed by atoms with Gasteiger partial charge in [-0.05, 0) is 62.1 Å². The number of rotatable bonds is 9. The van der Waals surface area contributed by atoms with E-state index in [1.165, 1.54) is 44.1 Å². The predicted octanol–water partition coefficient (Wildman–Crippen LogP) is 4.14. The first kappa shape index (κ1) is 18.9. The van der Waals surface area contributed by atoms with Crippen molar-refractivity contribution in [2.75, 3.05) is 13.2 Å². The number of amides is 1. The van der Waals surface area contributed by atoms with Crippen molar-refractivity contribution in [2.45, 2.75) is 83.0 Å². The summed E-state index contributed by atoms with van der Waals surface area (Å²) in [6.45, 7) is 5.15. The minimum atomic E-state index is 0.0677. The van der Waals surface area contributed by atoms with Crippen LogP contribution in [-0.4, -0.2) is 42.1 Å². The van der Waals surface area contributed by atoms with Gasteiger partial charge in [-0.3, -0.25) is 9.69 Å². The summed E-state index contributed by atoms with van der Waals surface area (Å²) in [5, 5.41) is 3.06. The molecule has 4 heteroatoms. The van der Waals surface area contributed by atoms with Gasteiger partial charge in [-0.1, -0.05) is 31.9 Å². The normalized spacial score (nSPS) is 25.6. The molecule has 3 aliphatic carbocycles. The van der Waals surface area contributed by atoms with Crippen LogP contribution in [0.3, 0.4) is 0 Å². The molecule has 1 amide bonds. The molecule has 0 saturated heterocycles. The molecule has 0 bridgehead atoms. The lowest BCUT2D eigenvalue weighted by Crippen LogP contribution is -2.33. The lowest BCUT2D eigenvalue weighted by Gasteiger charge is -2.30. The largest absolute Gasteiger partial charge is 0.377 e. The van der Waals surface area contributed by atoms with Crippen LogP contribution in [0.15, 0.2) is 24.3 Å². The maximum absolute atomic E-state index is 12.1. The number of hydrogen-bond acceptors (Lipinski definition) is 3. The van der Waals surface area contributed by atoms with Gasteiger partial charge in [-0.15, -0.1) is 0 Å². The third-order valence-corrected chi connectivity index (χ3v) is 6.32. The summed E-state index contributed by atoms with van der Waals surface area (Å²) in [6.07, 6.45) is 10.6. The molecular weight excluding hydrogens is 336 g/mol. The van der Waals surface area contributed by atoms with Crippen LogP contribution in [0.25, 0.3) is 0 Å². The molecule has 0 radical (unpaired) electrons. The molecule has 0 spiro atoms. The quantitative estimate of drug-likeness (QED) is 0.710. The highest BCUT2D eigenvalue weighted by molar-refractivity contribution is 5.94. The van der Waals surface area contributed by atoms with Crippen LogP contribution < -0.4 is 5.32 Å². The van der Waals surface area contributed by atoms with Crippen molar-refractivity contribution >= 4 is 5.91 Å². The lowest BCUT2D eigenvalue weighted by molar-refractivity contribution is -0.0153. The Bertz CT molecular complexity index is 622. The molecule has 1 aromatic rings. The van der Waals surface area contributed by atoms with Crippen molar-refractivity contribution in [3.63, 3.8) is 0 Å². The molecule has 4 nitrogen and oxygen atoms in total. The number of ether oxygens (including phenoxy) is 1. The number of carbonyl (C=O) groups is 1. The van der Waals surface area contributed by atoms with Crippen molar-refractivity contribution in [3.05, 3.63) is 35.4 Å². The van der Waals surface area contributed by atoms with Crippen LogP contribution >= 0.6 is 0 Å². The SMILES string of the molecule is C[C@@H]1CCCC[C@H]1OCCN(Cc1ccc(C(=O)NC2CC2)cc1)C1CC1. The van der Waals surface area contributed by atoms with Crippen LogP contribution in [0.1, 0.15) is 74.2 Å². The van der Waals surface area contributed by atoms with Gasteiger partial charge in [0.05, 0.1) is 12.7 Å². The molecular formula is C23H34N2O2. The second-order valence-electron chi connectivity index (χ2n) is 8.82. The smallest absolute Gasteiger partial charge is 0.251 e. The molecule has 0 heterocycles. The molecule has 27 heavy (non-hydrogen) atoms. The fourth-order valence-electron chi connectivity index (χ4n) is 4.17. The summed E-state index contributed by atoms with van der Waals surface area (Å²) in [7, 11) is 0. The van der Waals surface area contributed by atoms with E-state index in [0.717, 1.165) is 44.1 Å². The van der Waals surface area contributed by atoms with Gasteiger partial charge in [-0.2, -0.15) is 0 Å². The number of hydrogen-bond donors (Lipinski definition) is 1. The van der Waals surface area contributed by atoms with E-state index < -0.39 is 0 Å². The van der Waals surface area contributed by atoms with Gasteiger partial charge in [0.15, 0.2) is 0 Å². The maximum atomic E-state index is 12.1. The zero-order chi connectivity index (χ0) is 18.6. The molecule has 1 N–H and O–H groups in total. The summed E-state index contributed by atoms with van der Waals surface area (Å²) in [5.41, 5.74) is 2.06. The van der Waals surface area contributed by atoms with E-state index in [4.69, 9.17) is 4.74 Å². The van der Waals surface area contributed by atoms with Gasteiger partial charge < -0.3 is 10.1 Å². The molecule has 0 aliphatic heterocycles. The minimum absolute atomic E-state index is 0.0677. The second-order valence-corrected chi connectivity index (χ2v) is 8.82. The molecule has 0 unspecified atom stereocenters. The fraction of sp³-hybridized carbons (Fsp3) is 0.696. The lowest BCUT2D eigenvalue weighted by atomic mass is 9.88. The van der Waals surface area contributed by atoms with Crippen molar-refractivity contribution in [2.24, 2.45) is 5.92 Å². The summed E-state index contributed by atoms with van der Waals surface area (Å²) >= 11 is 0. The first-order valence-electron chi connectivity index (χ1n) is 10.9. The molecule has 148 valence electrons. The van der Waals surface area contributed by atoms with Crippen molar-refractivity contribution in [1.82, 2.24) is 10.2 Å². The van der Waals surface area contributed by atoms with Crippen LogP contribution in [0.2, 0.25) is 0 Å². The van der Waals surface area contributed by atoms with Gasteiger partial charge in [0.25, 0.3) is 5.91 Å². The zero-order valence-electron chi connectivity index (χ0n) is 16.7. The highest BCUT2D eigenvalue weighted by Gasteiger charge is 2.29. The predicted molar refractivity (Wildman–Crippen MR) is 108 cm³/mol. The van der Waals surface area contributed by atoms with E-state index in [9.17, 15) is 4.79 Å². The number of carbonyl (C=O) groups excluding carboxylic acids is 1. The van der Waals surface area contributed by atoms with Crippen molar-refractivity contribution in [1.29, 1.82) is 0 Å². The summed E-state index contributed by atoms with van der Waals surface area (Å²) in [4.78, 5) is 14.7.